The molecule has 0 bridgehead atoms. The van der Waals surface area contributed by atoms with Crippen LogP contribution >= 0.6 is 11.8 Å². The monoisotopic (exact) mass is 378 g/mol. The maximum Gasteiger partial charge on any atom is 0.196 e. The molecule has 2 aromatic carbocycles. The summed E-state index contributed by atoms with van der Waals surface area (Å²) >= 11 is 1.76. The number of hydrogen-bond acceptors (Lipinski definition) is 4. The average molecular weight is 378 g/mol. The van der Waals surface area contributed by atoms with Crippen LogP contribution in [0.1, 0.15) is 38.4 Å². The van der Waals surface area contributed by atoms with Gasteiger partial charge in [-0.15, -0.1) is 0 Å². The summed E-state index contributed by atoms with van der Waals surface area (Å²) in [4.78, 5) is 25.2. The zero-order chi connectivity index (χ0) is 18.7. The second kappa shape index (κ2) is 5.63. The van der Waals surface area contributed by atoms with E-state index < -0.39 is 5.41 Å². The van der Waals surface area contributed by atoms with Crippen LogP contribution in [0.15, 0.2) is 95.0 Å². The van der Waals surface area contributed by atoms with Gasteiger partial charge >= 0.3 is 0 Å². The first-order valence-electron chi connectivity index (χ1n) is 9.14. The van der Waals surface area contributed by atoms with Crippen LogP contribution in [0.25, 0.3) is 0 Å². The summed E-state index contributed by atoms with van der Waals surface area (Å²) < 4.78 is 0. The van der Waals surface area contributed by atoms with E-state index in [2.05, 4.69) is 48.5 Å². The lowest BCUT2D eigenvalue weighted by Crippen LogP contribution is -2.41. The Morgan fingerprint density at radius 2 is 1.14 bits per heavy atom. The molecule has 0 radical (unpaired) electrons. The van der Waals surface area contributed by atoms with Crippen molar-refractivity contribution in [1.29, 1.82) is 0 Å². The molecule has 1 spiro atoms. The minimum atomic E-state index is -0.695. The minimum Gasteiger partial charge on any atom is -0.288 e. The van der Waals surface area contributed by atoms with E-state index in [0.29, 0.717) is 11.1 Å². The number of carbonyl (C=O) groups is 1. The number of pyridine rings is 2. The average Bonchev–Trinajstić information content (AvgIpc) is 2.77. The Morgan fingerprint density at radius 3 is 1.68 bits per heavy atom. The first-order chi connectivity index (χ1) is 13.8. The summed E-state index contributed by atoms with van der Waals surface area (Å²) in [6.45, 7) is 0. The first-order valence-corrected chi connectivity index (χ1v) is 9.96. The molecule has 0 saturated heterocycles. The summed E-state index contributed by atoms with van der Waals surface area (Å²) in [5.74, 6) is -0.00925. The fraction of sp³-hybridized carbons (Fsp3) is 0.0417. The lowest BCUT2D eigenvalue weighted by molar-refractivity contribution is 0.103. The van der Waals surface area contributed by atoms with E-state index in [9.17, 15) is 4.79 Å². The normalized spacial score (nSPS) is 15.4. The Morgan fingerprint density at radius 1 is 0.643 bits per heavy atom. The van der Waals surface area contributed by atoms with Crippen LogP contribution in [0.4, 0.5) is 0 Å². The molecule has 3 heterocycles. The first kappa shape index (κ1) is 15.8. The van der Waals surface area contributed by atoms with Gasteiger partial charge in [-0.2, -0.15) is 0 Å². The van der Waals surface area contributed by atoms with Gasteiger partial charge in [0.25, 0.3) is 0 Å². The molecule has 28 heavy (non-hydrogen) atoms. The molecule has 0 N–H and O–H groups in total. The van der Waals surface area contributed by atoms with E-state index in [0.717, 1.165) is 22.5 Å². The zero-order valence-corrected chi connectivity index (χ0v) is 15.6. The van der Waals surface area contributed by atoms with Crippen LogP contribution in [0.5, 0.6) is 0 Å². The fourth-order valence-electron chi connectivity index (χ4n) is 4.54. The van der Waals surface area contributed by atoms with Crippen molar-refractivity contribution in [3.8, 4) is 0 Å². The highest BCUT2D eigenvalue weighted by Crippen LogP contribution is 2.57. The number of benzene rings is 2. The van der Waals surface area contributed by atoms with Crippen molar-refractivity contribution >= 4 is 17.5 Å². The van der Waals surface area contributed by atoms with E-state index in [-0.39, 0.29) is 5.78 Å². The van der Waals surface area contributed by atoms with Gasteiger partial charge in [-0.05, 0) is 47.5 Å². The third-order valence-electron chi connectivity index (χ3n) is 5.62. The van der Waals surface area contributed by atoms with Crippen LogP contribution in [-0.2, 0) is 5.41 Å². The third-order valence-corrected chi connectivity index (χ3v) is 6.77. The Hall–Kier alpha value is -3.24. The quantitative estimate of drug-likeness (QED) is 0.378. The molecule has 3 nitrogen and oxygen atoms in total. The van der Waals surface area contributed by atoms with Gasteiger partial charge in [-0.25, -0.2) is 0 Å². The van der Waals surface area contributed by atoms with Crippen molar-refractivity contribution in [2.24, 2.45) is 0 Å². The van der Waals surface area contributed by atoms with Gasteiger partial charge < -0.3 is 0 Å². The molecule has 4 aromatic rings. The smallest absolute Gasteiger partial charge is 0.196 e. The van der Waals surface area contributed by atoms with Gasteiger partial charge in [-0.1, -0.05) is 48.2 Å². The number of nitrogens with zero attached hydrogens (tertiary/aromatic N) is 2. The van der Waals surface area contributed by atoms with Crippen LogP contribution in [0, 0.1) is 0 Å². The van der Waals surface area contributed by atoms with Crippen molar-refractivity contribution in [1.82, 2.24) is 9.97 Å². The van der Waals surface area contributed by atoms with Gasteiger partial charge in [0.1, 0.15) is 5.41 Å². The molecule has 0 fully saturated rings. The molecule has 0 amide bonds. The van der Waals surface area contributed by atoms with Gasteiger partial charge in [-0.3, -0.25) is 14.8 Å². The largest absolute Gasteiger partial charge is 0.288 e. The molecule has 1 aliphatic heterocycles. The van der Waals surface area contributed by atoms with Crippen molar-refractivity contribution in [3.05, 3.63) is 119 Å². The van der Waals surface area contributed by atoms with Crippen LogP contribution < -0.4 is 0 Å². The van der Waals surface area contributed by atoms with Crippen LogP contribution in [0.3, 0.4) is 0 Å². The summed E-state index contributed by atoms with van der Waals surface area (Å²) in [5.41, 5.74) is 4.41. The Kier molecular flexibility index (Phi) is 3.17. The predicted octanol–water partition coefficient (Wildman–Crippen LogP) is 4.87. The van der Waals surface area contributed by atoms with E-state index in [4.69, 9.17) is 9.97 Å². The molecule has 1 aliphatic carbocycles. The van der Waals surface area contributed by atoms with E-state index in [1.807, 2.05) is 24.3 Å². The number of hydrogen-bond donors (Lipinski definition) is 0. The van der Waals surface area contributed by atoms with Crippen molar-refractivity contribution < 1.29 is 4.79 Å². The van der Waals surface area contributed by atoms with Crippen molar-refractivity contribution in [3.63, 3.8) is 0 Å². The molecule has 2 aromatic heterocycles. The number of carbonyl (C=O) groups excluding carboxylic acids is 1. The van der Waals surface area contributed by atoms with Crippen LogP contribution in [-0.4, -0.2) is 15.8 Å². The van der Waals surface area contributed by atoms with Crippen molar-refractivity contribution in [2.75, 3.05) is 0 Å². The molecule has 6 rings (SSSR count). The lowest BCUT2D eigenvalue weighted by Gasteiger charge is -2.43. The molecule has 4 heteroatoms. The van der Waals surface area contributed by atoms with E-state index in [1.165, 1.54) is 9.79 Å². The SMILES string of the molecule is O=C1c2cccnc2C2(c3ccccc3Sc3ccccc32)c2ncccc21. The Bertz CT molecular complexity index is 1180. The maximum absolute atomic E-state index is 13.3. The molecular weight excluding hydrogens is 364 g/mol. The molecule has 0 atom stereocenters. The number of fused-ring (bicyclic) bond motifs is 8. The minimum absolute atomic E-state index is 0.00925. The van der Waals surface area contributed by atoms with Gasteiger partial charge in [0.2, 0.25) is 0 Å². The summed E-state index contributed by atoms with van der Waals surface area (Å²) in [7, 11) is 0. The topological polar surface area (TPSA) is 42.9 Å². The van der Waals surface area contributed by atoms with Gasteiger partial charge in [0.05, 0.1) is 11.4 Å². The number of rotatable bonds is 0. The van der Waals surface area contributed by atoms with Crippen LogP contribution in [0.2, 0.25) is 0 Å². The molecule has 132 valence electrons. The maximum atomic E-state index is 13.3. The Labute approximate surface area is 166 Å². The Balaban J connectivity index is 1.88. The number of ketones is 1. The predicted molar refractivity (Wildman–Crippen MR) is 108 cm³/mol. The van der Waals surface area contributed by atoms with Gasteiger partial charge in [0, 0.05) is 33.3 Å². The number of aromatic nitrogens is 2. The second-order valence-electron chi connectivity index (χ2n) is 6.97. The van der Waals surface area contributed by atoms with E-state index >= 15 is 0 Å². The summed E-state index contributed by atoms with van der Waals surface area (Å²) in [5, 5.41) is 0. The highest BCUT2D eigenvalue weighted by atomic mass is 32.2. The van der Waals surface area contributed by atoms with Crippen molar-refractivity contribution in [2.45, 2.75) is 15.2 Å². The molecular formula is C24H14N2OS. The highest BCUT2D eigenvalue weighted by Gasteiger charge is 2.52. The lowest BCUT2D eigenvalue weighted by atomic mass is 9.63. The third kappa shape index (κ3) is 1.83. The fourth-order valence-corrected chi connectivity index (χ4v) is 5.73. The standard InChI is InChI=1S/C24H14N2OS/c27-21-15-7-5-13-25-22(15)24(23-16(21)8-6-14-26-23)17-9-1-3-11-19(17)28-20-12-4-2-10-18(20)24/h1-14H. The van der Waals surface area contributed by atoms with E-state index in [1.54, 1.807) is 24.2 Å². The molecule has 2 aliphatic rings. The summed E-state index contributed by atoms with van der Waals surface area (Å²) in [6, 6.07) is 24.2. The van der Waals surface area contributed by atoms with Gasteiger partial charge in [0.15, 0.2) is 5.78 Å². The molecule has 0 unspecified atom stereocenters. The summed E-state index contributed by atoms with van der Waals surface area (Å²) in [6.07, 6.45) is 3.55. The molecule has 0 saturated carbocycles. The second-order valence-corrected chi connectivity index (χ2v) is 8.06. The highest BCUT2D eigenvalue weighted by molar-refractivity contribution is 7.99. The zero-order valence-electron chi connectivity index (χ0n) is 14.8.